The van der Waals surface area contributed by atoms with E-state index in [2.05, 4.69) is 46.3 Å². The van der Waals surface area contributed by atoms with Crippen LogP contribution in [0.1, 0.15) is 56.9 Å². The van der Waals surface area contributed by atoms with E-state index in [4.69, 9.17) is 0 Å². The van der Waals surface area contributed by atoms with Gasteiger partial charge in [0, 0.05) is 0 Å². The maximum atomic E-state index is 10.7. The molecule has 2 nitrogen and oxygen atoms in total. The van der Waals surface area contributed by atoms with Crippen LogP contribution in [-0.2, 0) is 11.2 Å². The molecule has 1 aromatic carbocycles. The third-order valence-corrected chi connectivity index (χ3v) is 3.62. The van der Waals surface area contributed by atoms with E-state index in [9.17, 15) is 4.79 Å². The molecular formula is C16H27NOSe. The van der Waals surface area contributed by atoms with Crippen LogP contribution in [0.5, 0.6) is 0 Å². The van der Waals surface area contributed by atoms with Gasteiger partial charge in [0.1, 0.15) is 0 Å². The van der Waals surface area contributed by atoms with Crippen LogP contribution in [0.3, 0.4) is 0 Å². The van der Waals surface area contributed by atoms with Crippen LogP contribution < -0.4 is 6.15 Å². The van der Waals surface area contributed by atoms with Crippen molar-refractivity contribution in [3.8, 4) is 0 Å². The van der Waals surface area contributed by atoms with E-state index >= 15 is 0 Å². The van der Waals surface area contributed by atoms with Gasteiger partial charge in [-0.1, -0.05) is 18.2 Å². The van der Waals surface area contributed by atoms with Crippen molar-refractivity contribution in [3.05, 3.63) is 35.9 Å². The Hall–Kier alpha value is -0.631. The van der Waals surface area contributed by atoms with Crippen molar-refractivity contribution in [3.63, 3.8) is 0 Å². The molecule has 0 aliphatic carbocycles. The van der Waals surface area contributed by atoms with Gasteiger partial charge >= 0.3 is 101 Å². The molecule has 1 rings (SSSR count). The quantitative estimate of drug-likeness (QED) is 0.501. The van der Waals surface area contributed by atoms with Crippen molar-refractivity contribution in [1.29, 1.82) is 0 Å². The summed E-state index contributed by atoms with van der Waals surface area (Å²) < 4.78 is 0.206. The molecule has 4 N–H and O–H groups in total. The third-order valence-electron chi connectivity index (χ3n) is 3.19. The van der Waals surface area contributed by atoms with Crippen LogP contribution in [0, 0.1) is 0 Å². The molecule has 3 heteroatoms. The molecule has 108 valence electrons. The van der Waals surface area contributed by atoms with Crippen molar-refractivity contribution >= 4 is 20.7 Å². The molecule has 0 saturated carbocycles. The van der Waals surface area contributed by atoms with Crippen molar-refractivity contribution in [1.82, 2.24) is 6.15 Å². The summed E-state index contributed by atoms with van der Waals surface area (Å²) in [5.41, 5.74) is 1.45. The Balaban J connectivity index is 0.00000324. The molecule has 0 aliphatic rings. The number of benzene rings is 1. The smallest absolute Gasteiger partial charge is 0.369 e. The number of hydrogen-bond acceptors (Lipinski definition) is 1. The van der Waals surface area contributed by atoms with E-state index in [1.54, 1.807) is 0 Å². The van der Waals surface area contributed by atoms with Crippen LogP contribution in [0.4, 0.5) is 0 Å². The summed E-state index contributed by atoms with van der Waals surface area (Å²) in [6.45, 7) is 0. The van der Waals surface area contributed by atoms with Crippen molar-refractivity contribution in [2.24, 2.45) is 0 Å². The molecule has 0 aliphatic heterocycles. The fraction of sp³-hybridized carbons (Fsp3) is 0.562. The molecule has 0 fully saturated rings. The number of quaternary nitrogens is 1. The number of carbonyl (C=O) groups is 1. The Morgan fingerprint density at radius 2 is 1.37 bits per heavy atom. The van der Waals surface area contributed by atoms with Crippen LogP contribution in [-0.4, -0.2) is 20.7 Å². The van der Waals surface area contributed by atoms with E-state index in [1.165, 1.54) is 50.5 Å². The summed E-state index contributed by atoms with van der Waals surface area (Å²) in [6, 6.07) is 10.7. The van der Waals surface area contributed by atoms with Crippen molar-refractivity contribution < 1.29 is 4.79 Å². The standard InChI is InChI=1S/C16H24OSe.H3N/c17-16(18)14-10-5-3-1-2-4-7-11-15-12-8-6-9-13-15;/h6,8-9,12-13H,1-5,7,10-11,14H2,(H,17,18);1H3. The molecule has 0 radical (unpaired) electrons. The van der Waals surface area contributed by atoms with Gasteiger partial charge in [0.25, 0.3) is 0 Å². The van der Waals surface area contributed by atoms with Crippen molar-refractivity contribution in [2.75, 3.05) is 0 Å². The average Bonchev–Trinajstić information content (AvgIpc) is 2.37. The van der Waals surface area contributed by atoms with Crippen LogP contribution in [0.2, 0.25) is 0 Å². The molecule has 0 unspecified atom stereocenters. The second-order valence-electron chi connectivity index (χ2n) is 4.83. The van der Waals surface area contributed by atoms with Crippen molar-refractivity contribution in [2.45, 2.75) is 57.8 Å². The number of carbonyl (C=O) groups excluding carboxylic acids is 1. The molecule has 0 aromatic heterocycles. The third kappa shape index (κ3) is 10.9. The first-order chi connectivity index (χ1) is 8.79. The fourth-order valence-electron chi connectivity index (χ4n) is 2.13. The molecular weight excluding hydrogens is 301 g/mol. The van der Waals surface area contributed by atoms with Crippen LogP contribution in [0.25, 0.3) is 0 Å². The summed E-state index contributed by atoms with van der Waals surface area (Å²) in [5.74, 6) is 0. The Kier molecular flexibility index (Phi) is 12.0. The van der Waals surface area contributed by atoms with Gasteiger partial charge in [-0.25, -0.2) is 0 Å². The van der Waals surface area contributed by atoms with Crippen LogP contribution >= 0.6 is 0 Å². The first-order valence-corrected chi connectivity index (χ1v) is 7.88. The topological polar surface area (TPSA) is 53.6 Å². The van der Waals surface area contributed by atoms with Gasteiger partial charge in [0.15, 0.2) is 0 Å². The molecule has 0 spiro atoms. The van der Waals surface area contributed by atoms with E-state index in [1.807, 2.05) is 0 Å². The minimum absolute atomic E-state index is 0. The zero-order chi connectivity index (χ0) is 13.1. The summed E-state index contributed by atoms with van der Waals surface area (Å²) in [4.78, 5) is 10.7. The van der Waals surface area contributed by atoms with Crippen LogP contribution in [0.15, 0.2) is 30.3 Å². The van der Waals surface area contributed by atoms with E-state index < -0.39 is 0 Å². The summed E-state index contributed by atoms with van der Waals surface area (Å²) >= 11 is 2.54. The van der Waals surface area contributed by atoms with Gasteiger partial charge < -0.3 is 6.15 Å². The Labute approximate surface area is 125 Å². The maximum absolute atomic E-state index is 10.7. The summed E-state index contributed by atoms with van der Waals surface area (Å²) in [6.07, 6.45) is 10.7. The van der Waals surface area contributed by atoms with Gasteiger partial charge in [-0.05, 0) is 0 Å². The van der Waals surface area contributed by atoms with Gasteiger partial charge in [-0.3, -0.25) is 0 Å². The number of unbranched alkanes of at least 4 members (excludes halogenated alkanes) is 6. The zero-order valence-electron chi connectivity index (χ0n) is 12.1. The predicted octanol–water partition coefficient (Wildman–Crippen LogP) is 4.42. The fourth-order valence-corrected chi connectivity index (χ4v) is 2.43. The molecule has 0 atom stereocenters. The molecule has 0 saturated heterocycles. The van der Waals surface area contributed by atoms with E-state index in [0.717, 1.165) is 6.42 Å². The number of rotatable bonds is 10. The van der Waals surface area contributed by atoms with Gasteiger partial charge in [-0.2, -0.15) is 0 Å². The molecule has 0 amide bonds. The first-order valence-electron chi connectivity index (χ1n) is 7.03. The monoisotopic (exact) mass is 329 g/mol. The van der Waals surface area contributed by atoms with Gasteiger partial charge in [0.2, 0.25) is 0 Å². The second kappa shape index (κ2) is 12.4. The minimum Gasteiger partial charge on any atom is -0.369 e. The molecule has 19 heavy (non-hydrogen) atoms. The average molecular weight is 328 g/mol. The van der Waals surface area contributed by atoms with E-state index in [-0.39, 0.29) is 10.8 Å². The molecule has 0 heterocycles. The minimum atomic E-state index is 0. The molecule has 1 aromatic rings. The molecule has 0 bridgehead atoms. The first kappa shape index (κ1) is 18.4. The normalized spacial score (nSPS) is 9.89. The SMILES string of the molecule is O=C([Se-])CCCCCCCCCc1ccccc1.[NH4+]. The Bertz CT molecular complexity index is 327. The number of hydrogen-bond donors (Lipinski definition) is 1. The Morgan fingerprint density at radius 3 is 1.95 bits per heavy atom. The summed E-state index contributed by atoms with van der Waals surface area (Å²) in [5, 5.41) is 0. The second-order valence-corrected chi connectivity index (χ2v) is 5.79. The number of aryl methyl sites for hydroxylation is 1. The van der Waals surface area contributed by atoms with E-state index in [0.29, 0.717) is 6.42 Å². The van der Waals surface area contributed by atoms with Gasteiger partial charge in [0.05, 0.1) is 0 Å². The predicted molar refractivity (Wildman–Crippen MR) is 83.8 cm³/mol. The zero-order valence-corrected chi connectivity index (χ0v) is 13.8. The summed E-state index contributed by atoms with van der Waals surface area (Å²) in [7, 11) is 0. The van der Waals surface area contributed by atoms with Gasteiger partial charge in [-0.15, -0.1) is 0 Å². The Morgan fingerprint density at radius 1 is 0.842 bits per heavy atom.